The molecule has 0 saturated carbocycles. The van der Waals surface area contributed by atoms with Crippen molar-refractivity contribution in [3.63, 3.8) is 0 Å². The van der Waals surface area contributed by atoms with Crippen LogP contribution in [0.2, 0.25) is 0 Å². The van der Waals surface area contributed by atoms with Gasteiger partial charge in [0, 0.05) is 30.7 Å². The van der Waals surface area contributed by atoms with Gasteiger partial charge in [-0.05, 0) is 6.92 Å². The average molecular weight is 245 g/mol. The quantitative estimate of drug-likeness (QED) is 0.776. The fourth-order valence-electron chi connectivity index (χ4n) is 1.30. The second-order valence-electron chi connectivity index (χ2n) is 3.43. The Morgan fingerprint density at radius 1 is 1.44 bits per heavy atom. The van der Waals surface area contributed by atoms with E-state index in [2.05, 4.69) is 10.3 Å². The van der Waals surface area contributed by atoms with Crippen molar-refractivity contribution in [2.45, 2.75) is 19.5 Å². The maximum Gasteiger partial charge on any atom is 0.183 e. The minimum absolute atomic E-state index is 0.236. The fourth-order valence-corrected chi connectivity index (χ4v) is 1.41. The largest absolute Gasteiger partial charge is 0.493 e. The molecule has 0 fully saturated rings. The van der Waals surface area contributed by atoms with Crippen LogP contribution in [-0.2, 0) is 6.54 Å². The molecule has 5 heteroatoms. The number of hydrogen-bond acceptors (Lipinski definition) is 4. The molecule has 90 valence electrons. The van der Waals surface area contributed by atoms with Crippen LogP contribution in [0.5, 0.6) is 11.5 Å². The second-order valence-corrected chi connectivity index (χ2v) is 3.74. The molecular formula is C11H17ClN2O2. The number of nitrogens with zero attached hydrogens (tertiary/aromatic N) is 1. The number of methoxy groups -OCH3 is 2. The molecule has 1 atom stereocenters. The molecule has 1 N–H and O–H groups in total. The maximum absolute atomic E-state index is 5.71. The predicted molar refractivity (Wildman–Crippen MR) is 64.4 cm³/mol. The third-order valence-electron chi connectivity index (χ3n) is 2.22. The number of halogens is 1. The Morgan fingerprint density at radius 2 is 2.19 bits per heavy atom. The summed E-state index contributed by atoms with van der Waals surface area (Å²) >= 11 is 5.71. The molecule has 4 nitrogen and oxygen atoms in total. The van der Waals surface area contributed by atoms with E-state index in [1.807, 2.05) is 6.92 Å². The molecule has 0 aromatic carbocycles. The molecule has 1 aromatic rings. The van der Waals surface area contributed by atoms with Gasteiger partial charge in [0.15, 0.2) is 11.5 Å². The van der Waals surface area contributed by atoms with Gasteiger partial charge >= 0.3 is 0 Å². The van der Waals surface area contributed by atoms with Crippen LogP contribution in [0.4, 0.5) is 0 Å². The van der Waals surface area contributed by atoms with Gasteiger partial charge in [0.1, 0.15) is 0 Å². The summed E-state index contributed by atoms with van der Waals surface area (Å²) in [5, 5.41) is 3.24. The SMILES string of the molecule is COc1ccnc(CNC(C)CCl)c1OC. The lowest BCUT2D eigenvalue weighted by atomic mass is 10.3. The first-order valence-electron chi connectivity index (χ1n) is 5.08. The Labute approximate surface area is 101 Å². The number of ether oxygens (including phenoxy) is 2. The molecule has 0 aliphatic heterocycles. The lowest BCUT2D eigenvalue weighted by Crippen LogP contribution is -2.27. The zero-order valence-corrected chi connectivity index (χ0v) is 10.5. The van der Waals surface area contributed by atoms with Crippen molar-refractivity contribution in [2.24, 2.45) is 0 Å². The summed E-state index contributed by atoms with van der Waals surface area (Å²) in [6.45, 7) is 2.62. The Bertz CT molecular complexity index is 334. The van der Waals surface area contributed by atoms with Gasteiger partial charge in [-0.2, -0.15) is 0 Å². The van der Waals surface area contributed by atoms with Crippen LogP contribution in [0.15, 0.2) is 12.3 Å². The fraction of sp³-hybridized carbons (Fsp3) is 0.545. The van der Waals surface area contributed by atoms with E-state index in [0.717, 1.165) is 5.69 Å². The second kappa shape index (κ2) is 6.55. The Kier molecular flexibility index (Phi) is 5.35. The van der Waals surface area contributed by atoms with Crippen molar-refractivity contribution >= 4 is 11.6 Å². The molecule has 16 heavy (non-hydrogen) atoms. The van der Waals surface area contributed by atoms with E-state index in [1.165, 1.54) is 0 Å². The summed E-state index contributed by atoms with van der Waals surface area (Å²) in [5.74, 6) is 1.92. The molecule has 0 aliphatic carbocycles. The Balaban J connectivity index is 2.78. The molecule has 1 rings (SSSR count). The highest BCUT2D eigenvalue weighted by Gasteiger charge is 2.11. The molecule has 0 amide bonds. The first-order chi connectivity index (χ1) is 7.72. The Morgan fingerprint density at radius 3 is 2.75 bits per heavy atom. The highest BCUT2D eigenvalue weighted by Crippen LogP contribution is 2.28. The van der Waals surface area contributed by atoms with Crippen molar-refractivity contribution in [3.05, 3.63) is 18.0 Å². The van der Waals surface area contributed by atoms with E-state index in [1.54, 1.807) is 26.5 Å². The zero-order valence-electron chi connectivity index (χ0n) is 9.79. The van der Waals surface area contributed by atoms with Crippen LogP contribution < -0.4 is 14.8 Å². The van der Waals surface area contributed by atoms with E-state index < -0.39 is 0 Å². The lowest BCUT2D eigenvalue weighted by molar-refractivity contribution is 0.347. The highest BCUT2D eigenvalue weighted by molar-refractivity contribution is 6.18. The number of rotatable bonds is 6. The number of nitrogens with one attached hydrogen (secondary N) is 1. The molecule has 0 spiro atoms. The van der Waals surface area contributed by atoms with Crippen molar-refractivity contribution in [2.75, 3.05) is 20.1 Å². The van der Waals surface area contributed by atoms with Crippen molar-refractivity contribution in [1.29, 1.82) is 0 Å². The summed E-state index contributed by atoms with van der Waals surface area (Å²) in [7, 11) is 3.21. The maximum atomic E-state index is 5.71. The standard InChI is InChI=1S/C11H17ClN2O2/c1-8(6-12)14-7-9-11(16-3)10(15-2)4-5-13-9/h4-5,8,14H,6-7H2,1-3H3. The number of alkyl halides is 1. The van der Waals surface area contributed by atoms with Gasteiger partial charge in [-0.3, -0.25) is 4.98 Å². The number of pyridine rings is 1. The van der Waals surface area contributed by atoms with Crippen molar-refractivity contribution < 1.29 is 9.47 Å². The molecule has 0 bridgehead atoms. The first-order valence-corrected chi connectivity index (χ1v) is 5.61. The third-order valence-corrected chi connectivity index (χ3v) is 2.68. The van der Waals surface area contributed by atoms with Gasteiger partial charge in [0.05, 0.1) is 19.9 Å². The van der Waals surface area contributed by atoms with Gasteiger partial charge in [-0.15, -0.1) is 11.6 Å². The smallest absolute Gasteiger partial charge is 0.183 e. The summed E-state index contributed by atoms with van der Waals surface area (Å²) in [6, 6.07) is 2.01. The number of hydrogen-bond donors (Lipinski definition) is 1. The predicted octanol–water partition coefficient (Wildman–Crippen LogP) is 1.82. The topological polar surface area (TPSA) is 43.4 Å². The van der Waals surface area contributed by atoms with E-state index in [9.17, 15) is 0 Å². The van der Waals surface area contributed by atoms with Gasteiger partial charge in [0.2, 0.25) is 0 Å². The molecule has 1 aromatic heterocycles. The van der Waals surface area contributed by atoms with E-state index in [-0.39, 0.29) is 6.04 Å². The van der Waals surface area contributed by atoms with Crippen LogP contribution in [-0.4, -0.2) is 31.1 Å². The molecular weight excluding hydrogens is 228 g/mol. The molecule has 0 aliphatic rings. The third kappa shape index (κ3) is 3.25. The minimum atomic E-state index is 0.236. The van der Waals surface area contributed by atoms with Crippen LogP contribution >= 0.6 is 11.6 Å². The number of aromatic nitrogens is 1. The minimum Gasteiger partial charge on any atom is -0.493 e. The van der Waals surface area contributed by atoms with E-state index in [4.69, 9.17) is 21.1 Å². The lowest BCUT2D eigenvalue weighted by Gasteiger charge is -2.14. The van der Waals surface area contributed by atoms with Crippen LogP contribution in [0.1, 0.15) is 12.6 Å². The summed E-state index contributed by atoms with van der Waals surface area (Å²) in [5.41, 5.74) is 0.818. The van der Waals surface area contributed by atoms with Gasteiger partial charge < -0.3 is 14.8 Å². The zero-order chi connectivity index (χ0) is 12.0. The van der Waals surface area contributed by atoms with E-state index >= 15 is 0 Å². The van der Waals surface area contributed by atoms with Gasteiger partial charge in [-0.25, -0.2) is 0 Å². The molecule has 1 unspecified atom stereocenters. The summed E-state index contributed by atoms with van der Waals surface area (Å²) < 4.78 is 10.5. The molecule has 1 heterocycles. The normalized spacial score (nSPS) is 12.2. The van der Waals surface area contributed by atoms with Crippen LogP contribution in [0, 0.1) is 0 Å². The highest BCUT2D eigenvalue weighted by atomic mass is 35.5. The summed E-state index contributed by atoms with van der Waals surface area (Å²) in [6.07, 6.45) is 1.70. The molecule has 0 radical (unpaired) electrons. The van der Waals surface area contributed by atoms with Crippen LogP contribution in [0.25, 0.3) is 0 Å². The first kappa shape index (κ1) is 13.1. The molecule has 0 saturated heterocycles. The van der Waals surface area contributed by atoms with E-state index in [0.29, 0.717) is 23.9 Å². The van der Waals surface area contributed by atoms with Crippen molar-refractivity contribution in [1.82, 2.24) is 10.3 Å². The van der Waals surface area contributed by atoms with Crippen LogP contribution in [0.3, 0.4) is 0 Å². The monoisotopic (exact) mass is 244 g/mol. The average Bonchev–Trinajstić information content (AvgIpc) is 2.34. The Hall–Kier alpha value is -1.00. The van der Waals surface area contributed by atoms with Crippen molar-refractivity contribution in [3.8, 4) is 11.5 Å². The van der Waals surface area contributed by atoms with Gasteiger partial charge in [0.25, 0.3) is 0 Å². The van der Waals surface area contributed by atoms with Gasteiger partial charge in [-0.1, -0.05) is 0 Å². The summed E-state index contributed by atoms with van der Waals surface area (Å²) in [4.78, 5) is 4.25.